The van der Waals surface area contributed by atoms with E-state index in [0.29, 0.717) is 12.0 Å². The molecule has 0 aliphatic carbocycles. The van der Waals surface area contributed by atoms with Crippen LogP contribution >= 0.6 is 0 Å². The maximum Gasteiger partial charge on any atom is 0.0127 e. The van der Waals surface area contributed by atoms with Gasteiger partial charge < -0.3 is 5.32 Å². The number of hydrogen-bond donors (Lipinski definition) is 1. The van der Waals surface area contributed by atoms with Crippen LogP contribution in [0.5, 0.6) is 0 Å². The highest BCUT2D eigenvalue weighted by molar-refractivity contribution is 5.31. The Labute approximate surface area is 93.9 Å². The second-order valence-corrected chi connectivity index (χ2v) is 4.51. The predicted octanol–water partition coefficient (Wildman–Crippen LogP) is 3.40. The van der Waals surface area contributed by atoms with E-state index in [9.17, 15) is 0 Å². The van der Waals surface area contributed by atoms with Gasteiger partial charge in [-0.1, -0.05) is 43.2 Å². The third kappa shape index (κ3) is 3.07. The molecular weight excluding hydrogens is 182 g/mol. The van der Waals surface area contributed by atoms with Crippen molar-refractivity contribution in [1.82, 2.24) is 5.32 Å². The number of hydrogen-bond acceptors (Lipinski definition) is 1. The van der Waals surface area contributed by atoms with Crippen LogP contribution in [-0.2, 0) is 0 Å². The van der Waals surface area contributed by atoms with E-state index in [1.807, 2.05) is 7.05 Å². The van der Waals surface area contributed by atoms with Crippen LogP contribution in [0.15, 0.2) is 18.2 Å². The van der Waals surface area contributed by atoms with Crippen LogP contribution in [0.2, 0.25) is 0 Å². The average Bonchev–Trinajstić information content (AvgIpc) is 2.18. The maximum absolute atomic E-state index is 3.39. The summed E-state index contributed by atoms with van der Waals surface area (Å²) in [7, 11) is 2.05. The molecule has 2 atom stereocenters. The van der Waals surface area contributed by atoms with Gasteiger partial charge in [0.25, 0.3) is 0 Å². The summed E-state index contributed by atoms with van der Waals surface area (Å²) in [6, 6.07) is 7.41. The molecule has 0 amide bonds. The molecule has 1 nitrogen and oxygen atoms in total. The molecule has 84 valence electrons. The van der Waals surface area contributed by atoms with Crippen molar-refractivity contribution in [2.75, 3.05) is 7.05 Å². The molecule has 0 saturated carbocycles. The molecule has 2 unspecified atom stereocenters. The van der Waals surface area contributed by atoms with E-state index < -0.39 is 0 Å². The predicted molar refractivity (Wildman–Crippen MR) is 67.5 cm³/mol. The summed E-state index contributed by atoms with van der Waals surface area (Å²) in [6.07, 6.45) is 1.17. The lowest BCUT2D eigenvalue weighted by molar-refractivity contribution is 0.472. The number of likely N-dealkylation sites (N-methyl/N-ethyl adjacent to an activating group) is 1. The van der Waals surface area contributed by atoms with Gasteiger partial charge in [0.15, 0.2) is 0 Å². The zero-order chi connectivity index (χ0) is 11.4. The van der Waals surface area contributed by atoms with Crippen molar-refractivity contribution in [3.63, 3.8) is 0 Å². The lowest BCUT2D eigenvalue weighted by atomic mass is 9.90. The molecule has 0 aliphatic rings. The van der Waals surface area contributed by atoms with Gasteiger partial charge in [0.2, 0.25) is 0 Å². The van der Waals surface area contributed by atoms with Crippen LogP contribution in [0.1, 0.15) is 42.9 Å². The molecule has 1 aromatic rings. The Kier molecular flexibility index (Phi) is 4.34. The third-order valence-electron chi connectivity index (χ3n) is 3.18. The Morgan fingerprint density at radius 1 is 1.13 bits per heavy atom. The largest absolute Gasteiger partial charge is 0.316 e. The fourth-order valence-corrected chi connectivity index (χ4v) is 2.31. The number of rotatable bonds is 4. The molecule has 0 saturated heterocycles. The summed E-state index contributed by atoms with van der Waals surface area (Å²) in [5.41, 5.74) is 4.18. The molecule has 1 aromatic carbocycles. The highest BCUT2D eigenvalue weighted by atomic mass is 14.9. The topological polar surface area (TPSA) is 12.0 Å². The lowest BCUT2D eigenvalue weighted by Gasteiger charge is -2.23. The number of benzene rings is 1. The van der Waals surface area contributed by atoms with E-state index in [2.05, 4.69) is 51.2 Å². The van der Waals surface area contributed by atoms with Gasteiger partial charge in [0.05, 0.1) is 0 Å². The van der Waals surface area contributed by atoms with Crippen molar-refractivity contribution in [3.05, 3.63) is 34.9 Å². The minimum absolute atomic E-state index is 0.575. The molecule has 1 rings (SSSR count). The highest BCUT2D eigenvalue weighted by Crippen LogP contribution is 2.23. The second-order valence-electron chi connectivity index (χ2n) is 4.51. The molecule has 15 heavy (non-hydrogen) atoms. The fraction of sp³-hybridized carbons (Fsp3) is 0.571. The van der Waals surface area contributed by atoms with Gasteiger partial charge in [-0.3, -0.25) is 0 Å². The normalized spacial score (nSPS) is 15.0. The van der Waals surface area contributed by atoms with Crippen molar-refractivity contribution < 1.29 is 0 Å². The highest BCUT2D eigenvalue weighted by Gasteiger charge is 2.15. The van der Waals surface area contributed by atoms with Gasteiger partial charge in [-0.25, -0.2) is 0 Å². The first-order chi connectivity index (χ1) is 7.08. The van der Waals surface area contributed by atoms with Gasteiger partial charge in [0.1, 0.15) is 0 Å². The maximum atomic E-state index is 3.39. The Morgan fingerprint density at radius 2 is 1.67 bits per heavy atom. The summed E-state index contributed by atoms with van der Waals surface area (Å²) in [5.74, 6) is 0.582. The van der Waals surface area contributed by atoms with Gasteiger partial charge in [-0.15, -0.1) is 0 Å². The van der Waals surface area contributed by atoms with E-state index >= 15 is 0 Å². The van der Waals surface area contributed by atoms with E-state index in [-0.39, 0.29) is 0 Å². The standard InChI is InChI=1S/C14H23N/c1-6-14(15-5)12(4)13-8-10(2)7-11(3)9-13/h7-9,12,14-15H,6H2,1-5H3. The minimum atomic E-state index is 0.575. The molecule has 0 spiro atoms. The molecular formula is C14H23N. The summed E-state index contributed by atoms with van der Waals surface area (Å²) in [6.45, 7) is 8.88. The van der Waals surface area contributed by atoms with Crippen LogP contribution in [-0.4, -0.2) is 13.1 Å². The Balaban J connectivity index is 2.94. The summed E-state index contributed by atoms with van der Waals surface area (Å²) in [5, 5.41) is 3.39. The molecule has 0 radical (unpaired) electrons. The Bertz CT molecular complexity index is 293. The van der Waals surface area contributed by atoms with E-state index in [1.165, 1.54) is 23.1 Å². The minimum Gasteiger partial charge on any atom is -0.316 e. The average molecular weight is 205 g/mol. The van der Waals surface area contributed by atoms with Gasteiger partial charge in [0, 0.05) is 6.04 Å². The summed E-state index contributed by atoms with van der Waals surface area (Å²) in [4.78, 5) is 0. The molecule has 0 aromatic heterocycles. The molecule has 0 fully saturated rings. The molecule has 0 aliphatic heterocycles. The first kappa shape index (κ1) is 12.3. The van der Waals surface area contributed by atoms with Crippen LogP contribution in [0, 0.1) is 13.8 Å². The molecule has 0 heterocycles. The monoisotopic (exact) mass is 205 g/mol. The third-order valence-corrected chi connectivity index (χ3v) is 3.18. The van der Waals surface area contributed by atoms with Gasteiger partial charge in [-0.2, -0.15) is 0 Å². The second kappa shape index (κ2) is 5.32. The van der Waals surface area contributed by atoms with Crippen LogP contribution < -0.4 is 5.32 Å². The van der Waals surface area contributed by atoms with Crippen molar-refractivity contribution in [2.45, 2.75) is 46.1 Å². The molecule has 0 bridgehead atoms. The van der Waals surface area contributed by atoms with Crippen molar-refractivity contribution in [3.8, 4) is 0 Å². The van der Waals surface area contributed by atoms with E-state index in [1.54, 1.807) is 0 Å². The summed E-state index contributed by atoms with van der Waals surface area (Å²) < 4.78 is 0. The number of nitrogens with one attached hydrogen (secondary N) is 1. The van der Waals surface area contributed by atoms with Crippen molar-refractivity contribution in [1.29, 1.82) is 0 Å². The first-order valence-corrected chi connectivity index (χ1v) is 5.84. The van der Waals surface area contributed by atoms with Crippen molar-refractivity contribution >= 4 is 0 Å². The Hall–Kier alpha value is -0.820. The number of aryl methyl sites for hydroxylation is 2. The lowest BCUT2D eigenvalue weighted by Crippen LogP contribution is -2.29. The van der Waals surface area contributed by atoms with E-state index in [0.717, 1.165) is 0 Å². The first-order valence-electron chi connectivity index (χ1n) is 5.84. The Morgan fingerprint density at radius 3 is 2.07 bits per heavy atom. The van der Waals surface area contributed by atoms with Crippen LogP contribution in [0.4, 0.5) is 0 Å². The molecule has 1 N–H and O–H groups in total. The SMILES string of the molecule is CCC(NC)C(C)c1cc(C)cc(C)c1. The van der Waals surface area contributed by atoms with E-state index in [4.69, 9.17) is 0 Å². The zero-order valence-electron chi connectivity index (χ0n) is 10.6. The van der Waals surface area contributed by atoms with Gasteiger partial charge in [-0.05, 0) is 38.8 Å². The van der Waals surface area contributed by atoms with Gasteiger partial charge >= 0.3 is 0 Å². The summed E-state index contributed by atoms with van der Waals surface area (Å²) >= 11 is 0. The molecule has 1 heteroatoms. The fourth-order valence-electron chi connectivity index (χ4n) is 2.31. The van der Waals surface area contributed by atoms with Crippen molar-refractivity contribution in [2.24, 2.45) is 0 Å². The smallest absolute Gasteiger partial charge is 0.0127 e. The zero-order valence-corrected chi connectivity index (χ0v) is 10.6. The quantitative estimate of drug-likeness (QED) is 0.794. The van der Waals surface area contributed by atoms with Crippen LogP contribution in [0.3, 0.4) is 0 Å². The van der Waals surface area contributed by atoms with Crippen LogP contribution in [0.25, 0.3) is 0 Å².